The molecule has 3 aromatic rings. The molecule has 4 rings (SSSR count). The fourth-order valence-electron chi connectivity index (χ4n) is 2.81. The van der Waals surface area contributed by atoms with Crippen molar-refractivity contribution in [2.75, 3.05) is 12.3 Å². The number of nitrogen functional groups attached to an aromatic ring is 1. The van der Waals surface area contributed by atoms with E-state index in [4.69, 9.17) is 17.3 Å². The summed E-state index contributed by atoms with van der Waals surface area (Å²) in [7, 11) is 0. The van der Waals surface area contributed by atoms with Crippen LogP contribution in [-0.4, -0.2) is 27.5 Å². The van der Waals surface area contributed by atoms with Crippen LogP contribution in [0.5, 0.6) is 0 Å². The lowest BCUT2D eigenvalue weighted by Gasteiger charge is -2.27. The molecule has 0 bridgehead atoms. The van der Waals surface area contributed by atoms with Crippen LogP contribution in [0, 0.1) is 0 Å². The molecule has 0 radical (unpaired) electrons. The third-order valence-corrected chi connectivity index (χ3v) is 5.64. The van der Waals surface area contributed by atoms with Gasteiger partial charge >= 0.3 is 0 Å². The molecule has 2 aromatic heterocycles. The van der Waals surface area contributed by atoms with Gasteiger partial charge in [0.25, 0.3) is 5.91 Å². The van der Waals surface area contributed by atoms with Crippen molar-refractivity contribution in [1.29, 1.82) is 0 Å². The van der Waals surface area contributed by atoms with E-state index < -0.39 is 0 Å². The van der Waals surface area contributed by atoms with Gasteiger partial charge in [0.05, 0.1) is 10.7 Å². The second kappa shape index (κ2) is 5.47. The number of nitrogens with zero attached hydrogens (tertiary/aromatic N) is 3. The van der Waals surface area contributed by atoms with Crippen LogP contribution < -0.4 is 5.73 Å². The highest BCUT2D eigenvalue weighted by atomic mass is 35.5. The van der Waals surface area contributed by atoms with Gasteiger partial charge in [-0.05, 0) is 17.7 Å². The zero-order valence-corrected chi connectivity index (χ0v) is 13.7. The summed E-state index contributed by atoms with van der Waals surface area (Å²) in [4.78, 5) is 15.3. The molecule has 0 atom stereocenters. The third kappa shape index (κ3) is 2.44. The Kier molecular flexibility index (Phi) is 3.43. The summed E-state index contributed by atoms with van der Waals surface area (Å²) in [6.07, 6.45) is 0.677. The molecule has 0 fully saturated rings. The smallest absolute Gasteiger partial charge is 0.265 e. The van der Waals surface area contributed by atoms with E-state index in [9.17, 15) is 4.79 Å². The average Bonchev–Trinajstić information content (AvgIpc) is 2.91. The molecular weight excluding hydrogens is 332 g/mol. The summed E-state index contributed by atoms with van der Waals surface area (Å²) in [6, 6.07) is 9.57. The second-order valence-electron chi connectivity index (χ2n) is 5.46. The highest BCUT2D eigenvalue weighted by molar-refractivity contribution is 7.21. The number of benzene rings is 1. The molecule has 23 heavy (non-hydrogen) atoms. The molecule has 3 heterocycles. The van der Waals surface area contributed by atoms with Crippen LogP contribution in [0.25, 0.3) is 10.1 Å². The van der Waals surface area contributed by atoms with E-state index in [1.807, 2.05) is 24.3 Å². The van der Waals surface area contributed by atoms with Crippen LogP contribution in [0.4, 0.5) is 5.82 Å². The van der Waals surface area contributed by atoms with E-state index in [2.05, 4.69) is 10.2 Å². The maximum absolute atomic E-state index is 12.9. The van der Waals surface area contributed by atoms with Gasteiger partial charge in [-0.15, -0.1) is 16.4 Å². The molecular formula is C16H13ClN4OS. The van der Waals surface area contributed by atoms with Crippen LogP contribution in [0.15, 0.2) is 30.3 Å². The molecule has 2 N–H and O–H groups in total. The summed E-state index contributed by atoms with van der Waals surface area (Å²) >= 11 is 7.85. The van der Waals surface area contributed by atoms with Gasteiger partial charge in [0.15, 0.2) is 0 Å². The van der Waals surface area contributed by atoms with Gasteiger partial charge in [0.2, 0.25) is 0 Å². The third-order valence-electron chi connectivity index (χ3n) is 3.98. The van der Waals surface area contributed by atoms with Crippen molar-refractivity contribution in [2.24, 2.45) is 0 Å². The van der Waals surface area contributed by atoms with Crippen LogP contribution in [-0.2, 0) is 13.0 Å². The number of thiophene rings is 1. The fourth-order valence-corrected chi connectivity index (χ4v) is 4.29. The number of aromatic nitrogens is 2. The number of hydrogen-bond donors (Lipinski definition) is 1. The normalized spacial score (nSPS) is 14.0. The number of nitrogens with two attached hydrogens (primary N) is 1. The molecule has 0 spiro atoms. The van der Waals surface area contributed by atoms with Crippen molar-refractivity contribution in [3.05, 3.63) is 51.5 Å². The van der Waals surface area contributed by atoms with E-state index in [1.165, 1.54) is 11.3 Å². The molecule has 1 aliphatic rings. The van der Waals surface area contributed by atoms with Gasteiger partial charge in [-0.25, -0.2) is 0 Å². The lowest BCUT2D eigenvalue weighted by Crippen LogP contribution is -2.36. The van der Waals surface area contributed by atoms with Crippen molar-refractivity contribution in [1.82, 2.24) is 15.1 Å². The lowest BCUT2D eigenvalue weighted by molar-refractivity contribution is 0.0738. The monoisotopic (exact) mass is 344 g/mol. The number of carbonyl (C=O) groups is 1. The number of amides is 1. The Morgan fingerprint density at radius 1 is 1.30 bits per heavy atom. The van der Waals surface area contributed by atoms with Crippen molar-refractivity contribution in [3.8, 4) is 0 Å². The largest absolute Gasteiger partial charge is 0.382 e. The first-order valence-corrected chi connectivity index (χ1v) is 8.40. The Hall–Kier alpha value is -2.18. The summed E-state index contributed by atoms with van der Waals surface area (Å²) < 4.78 is 1.02. The zero-order chi connectivity index (χ0) is 16.0. The molecule has 1 aromatic carbocycles. The number of fused-ring (bicyclic) bond motifs is 2. The maximum atomic E-state index is 12.9. The van der Waals surface area contributed by atoms with Gasteiger partial charge in [-0.1, -0.05) is 29.8 Å². The number of hydrogen-bond acceptors (Lipinski definition) is 5. The molecule has 7 heteroatoms. The Balaban J connectivity index is 1.68. The van der Waals surface area contributed by atoms with Crippen molar-refractivity contribution in [3.63, 3.8) is 0 Å². The maximum Gasteiger partial charge on any atom is 0.265 e. The topological polar surface area (TPSA) is 72.1 Å². The SMILES string of the molecule is Nc1cc2c(nn1)CCN(C(=O)c1sc3ccccc3c1Cl)C2. The molecule has 0 saturated heterocycles. The Morgan fingerprint density at radius 3 is 2.96 bits per heavy atom. The predicted octanol–water partition coefficient (Wildman–Crippen LogP) is 3.13. The van der Waals surface area contributed by atoms with Crippen LogP contribution in [0.1, 0.15) is 20.9 Å². The van der Waals surface area contributed by atoms with Crippen LogP contribution >= 0.6 is 22.9 Å². The van der Waals surface area contributed by atoms with E-state index in [0.717, 1.165) is 21.3 Å². The van der Waals surface area contributed by atoms with Gasteiger partial charge in [0.1, 0.15) is 10.7 Å². The van der Waals surface area contributed by atoms with Gasteiger partial charge < -0.3 is 10.6 Å². The van der Waals surface area contributed by atoms with E-state index in [0.29, 0.717) is 35.2 Å². The first-order chi connectivity index (χ1) is 11.1. The predicted molar refractivity (Wildman–Crippen MR) is 91.7 cm³/mol. The lowest BCUT2D eigenvalue weighted by atomic mass is 10.1. The van der Waals surface area contributed by atoms with E-state index >= 15 is 0 Å². The number of halogens is 1. The first kappa shape index (κ1) is 14.4. The van der Waals surface area contributed by atoms with Crippen LogP contribution in [0.2, 0.25) is 5.02 Å². The van der Waals surface area contributed by atoms with Crippen molar-refractivity contribution in [2.45, 2.75) is 13.0 Å². The summed E-state index contributed by atoms with van der Waals surface area (Å²) in [5.41, 5.74) is 7.55. The van der Waals surface area contributed by atoms with Gasteiger partial charge in [0, 0.05) is 29.6 Å². The number of carbonyl (C=O) groups excluding carboxylic acids is 1. The van der Waals surface area contributed by atoms with Gasteiger partial charge in [-0.2, -0.15) is 5.10 Å². The Bertz CT molecular complexity index is 924. The Labute approximate surface area is 141 Å². The Morgan fingerprint density at radius 2 is 2.13 bits per heavy atom. The number of anilines is 1. The molecule has 1 aliphatic heterocycles. The minimum atomic E-state index is -0.0442. The standard InChI is InChI=1S/C16H13ClN4OS/c17-14-10-3-1-2-4-12(10)23-15(14)16(22)21-6-5-11-9(8-21)7-13(18)20-19-11/h1-4,7H,5-6,8H2,(H2,18,20). The van der Waals surface area contributed by atoms with E-state index in [-0.39, 0.29) is 5.91 Å². The number of rotatable bonds is 1. The van der Waals surface area contributed by atoms with Crippen LogP contribution in [0.3, 0.4) is 0 Å². The highest BCUT2D eigenvalue weighted by Crippen LogP contribution is 2.36. The molecule has 5 nitrogen and oxygen atoms in total. The molecule has 0 saturated carbocycles. The average molecular weight is 345 g/mol. The fraction of sp³-hybridized carbons (Fsp3) is 0.188. The molecule has 116 valence electrons. The summed E-state index contributed by atoms with van der Waals surface area (Å²) in [6.45, 7) is 1.09. The molecule has 0 aliphatic carbocycles. The molecule has 0 unspecified atom stereocenters. The highest BCUT2D eigenvalue weighted by Gasteiger charge is 2.26. The van der Waals surface area contributed by atoms with Crippen molar-refractivity contribution >= 4 is 44.7 Å². The summed E-state index contributed by atoms with van der Waals surface area (Å²) in [5.74, 6) is 0.329. The second-order valence-corrected chi connectivity index (χ2v) is 6.89. The first-order valence-electron chi connectivity index (χ1n) is 7.21. The minimum Gasteiger partial charge on any atom is -0.382 e. The minimum absolute atomic E-state index is 0.0442. The van der Waals surface area contributed by atoms with Crippen molar-refractivity contribution < 1.29 is 4.79 Å². The van der Waals surface area contributed by atoms with Gasteiger partial charge in [-0.3, -0.25) is 4.79 Å². The summed E-state index contributed by atoms with van der Waals surface area (Å²) in [5, 5.41) is 9.43. The quantitative estimate of drug-likeness (QED) is 0.736. The molecule has 1 amide bonds. The van der Waals surface area contributed by atoms with E-state index in [1.54, 1.807) is 11.0 Å². The zero-order valence-electron chi connectivity index (χ0n) is 12.1.